The van der Waals surface area contributed by atoms with Crippen LogP contribution in [-0.2, 0) is 4.79 Å². The van der Waals surface area contributed by atoms with Gasteiger partial charge in [0.25, 0.3) is 0 Å². The first-order valence-electron chi connectivity index (χ1n) is 9.23. The summed E-state index contributed by atoms with van der Waals surface area (Å²) in [5.41, 5.74) is 0. The van der Waals surface area contributed by atoms with Crippen molar-refractivity contribution in [2.24, 2.45) is 16.8 Å². The minimum atomic E-state index is -4.14. The van der Waals surface area contributed by atoms with Gasteiger partial charge in [-0.05, 0) is 25.3 Å². The molecule has 0 spiro atoms. The predicted octanol–water partition coefficient (Wildman–Crippen LogP) is 1.29. The number of rotatable bonds is 5. The minimum Gasteiger partial charge on any atom is -0.356 e. The summed E-state index contributed by atoms with van der Waals surface area (Å²) in [6.45, 7) is 5.87. The van der Waals surface area contributed by atoms with Gasteiger partial charge < -0.3 is 15.5 Å². The van der Waals surface area contributed by atoms with Crippen LogP contribution in [0.1, 0.15) is 26.7 Å². The largest absolute Gasteiger partial charge is 0.401 e. The Morgan fingerprint density at radius 3 is 2.58 bits per heavy atom. The highest BCUT2D eigenvalue weighted by Gasteiger charge is 2.34. The first-order chi connectivity index (χ1) is 12.2. The fraction of sp³-hybridized carbons (Fsp3) is 0.882. The normalized spacial score (nSPS) is 25.2. The van der Waals surface area contributed by atoms with E-state index in [2.05, 4.69) is 15.6 Å². The van der Waals surface area contributed by atoms with Crippen molar-refractivity contribution in [2.45, 2.75) is 38.9 Å². The standard InChI is InChI=1S/C17H30F3N5O/c1-12(2)15(26)25-7-5-14(10-25)23-16(21-3)22-8-13-4-6-24(9-13)11-17(18,19)20/h12-14H,4-11H2,1-3H3,(H2,21,22,23). The molecule has 2 heterocycles. The molecule has 2 aliphatic rings. The lowest BCUT2D eigenvalue weighted by Crippen LogP contribution is -2.46. The van der Waals surface area contributed by atoms with Crippen molar-refractivity contribution in [1.29, 1.82) is 0 Å². The lowest BCUT2D eigenvalue weighted by molar-refractivity contribution is -0.143. The average molecular weight is 377 g/mol. The molecule has 0 saturated carbocycles. The number of alkyl halides is 3. The lowest BCUT2D eigenvalue weighted by atomic mass is 10.1. The van der Waals surface area contributed by atoms with E-state index in [0.717, 1.165) is 19.4 Å². The molecule has 26 heavy (non-hydrogen) atoms. The molecular formula is C17H30F3N5O. The molecule has 2 saturated heterocycles. The number of halogens is 3. The third-order valence-electron chi connectivity index (χ3n) is 4.89. The number of hydrogen-bond donors (Lipinski definition) is 2. The molecule has 0 radical (unpaired) electrons. The van der Waals surface area contributed by atoms with Gasteiger partial charge in [-0.2, -0.15) is 13.2 Å². The zero-order chi connectivity index (χ0) is 19.3. The van der Waals surface area contributed by atoms with Gasteiger partial charge in [0.05, 0.1) is 6.54 Å². The quantitative estimate of drug-likeness (QED) is 0.560. The van der Waals surface area contributed by atoms with Crippen LogP contribution in [0.25, 0.3) is 0 Å². The summed E-state index contributed by atoms with van der Waals surface area (Å²) in [5, 5.41) is 6.53. The molecule has 2 fully saturated rings. The predicted molar refractivity (Wildman–Crippen MR) is 94.9 cm³/mol. The van der Waals surface area contributed by atoms with Crippen LogP contribution in [0.5, 0.6) is 0 Å². The van der Waals surface area contributed by atoms with Crippen molar-refractivity contribution in [3.63, 3.8) is 0 Å². The molecule has 6 nitrogen and oxygen atoms in total. The van der Waals surface area contributed by atoms with E-state index in [1.807, 2.05) is 18.7 Å². The minimum absolute atomic E-state index is 0.00630. The molecule has 1 amide bonds. The fourth-order valence-electron chi connectivity index (χ4n) is 3.55. The lowest BCUT2D eigenvalue weighted by Gasteiger charge is -2.21. The highest BCUT2D eigenvalue weighted by atomic mass is 19.4. The van der Waals surface area contributed by atoms with Crippen LogP contribution >= 0.6 is 0 Å². The summed E-state index contributed by atoms with van der Waals surface area (Å²) >= 11 is 0. The Hall–Kier alpha value is -1.51. The molecule has 9 heteroatoms. The summed E-state index contributed by atoms with van der Waals surface area (Å²) < 4.78 is 37.4. The Kier molecular flexibility index (Phi) is 7.14. The van der Waals surface area contributed by atoms with Crippen LogP contribution in [-0.4, -0.2) is 80.2 Å². The van der Waals surface area contributed by atoms with E-state index < -0.39 is 12.7 Å². The maximum atomic E-state index is 12.5. The van der Waals surface area contributed by atoms with Crippen molar-refractivity contribution in [2.75, 3.05) is 46.3 Å². The van der Waals surface area contributed by atoms with Crippen molar-refractivity contribution in [3.05, 3.63) is 0 Å². The molecule has 2 rings (SSSR count). The van der Waals surface area contributed by atoms with E-state index in [1.54, 1.807) is 7.05 Å². The number of guanidine groups is 1. The molecule has 0 aromatic rings. The third-order valence-corrected chi connectivity index (χ3v) is 4.89. The SMILES string of the molecule is CN=C(NCC1CCN(CC(F)(F)F)C1)NC1CCN(C(=O)C(C)C)C1. The topological polar surface area (TPSA) is 60.0 Å². The summed E-state index contributed by atoms with van der Waals surface area (Å²) in [6.07, 6.45) is -2.52. The number of amides is 1. The van der Waals surface area contributed by atoms with Gasteiger partial charge in [-0.1, -0.05) is 13.8 Å². The number of nitrogens with one attached hydrogen (secondary N) is 2. The van der Waals surface area contributed by atoms with Gasteiger partial charge >= 0.3 is 6.18 Å². The molecule has 0 aromatic heterocycles. The van der Waals surface area contributed by atoms with Crippen molar-refractivity contribution >= 4 is 11.9 Å². The smallest absolute Gasteiger partial charge is 0.356 e. The molecule has 2 aliphatic heterocycles. The molecule has 0 aliphatic carbocycles. The van der Waals surface area contributed by atoms with Gasteiger partial charge in [0.1, 0.15) is 0 Å². The summed E-state index contributed by atoms with van der Waals surface area (Å²) in [5.74, 6) is 0.975. The van der Waals surface area contributed by atoms with E-state index in [4.69, 9.17) is 0 Å². The second-order valence-electron chi connectivity index (χ2n) is 7.53. The Balaban J connectivity index is 1.71. The van der Waals surface area contributed by atoms with Gasteiger partial charge in [0.15, 0.2) is 5.96 Å². The van der Waals surface area contributed by atoms with Crippen LogP contribution in [0.15, 0.2) is 4.99 Å². The second kappa shape index (κ2) is 8.92. The van der Waals surface area contributed by atoms with Crippen LogP contribution in [0.2, 0.25) is 0 Å². The Morgan fingerprint density at radius 1 is 1.23 bits per heavy atom. The Labute approximate surface area is 153 Å². The molecule has 2 N–H and O–H groups in total. The van der Waals surface area contributed by atoms with Gasteiger partial charge in [0.2, 0.25) is 5.91 Å². The van der Waals surface area contributed by atoms with Gasteiger partial charge in [0, 0.05) is 45.2 Å². The van der Waals surface area contributed by atoms with Gasteiger partial charge in [-0.3, -0.25) is 14.7 Å². The summed E-state index contributed by atoms with van der Waals surface area (Å²) in [6, 6.07) is 0.147. The number of carbonyl (C=O) groups excluding carboxylic acids is 1. The number of likely N-dealkylation sites (tertiary alicyclic amines) is 2. The summed E-state index contributed by atoms with van der Waals surface area (Å²) in [7, 11) is 1.67. The number of hydrogen-bond acceptors (Lipinski definition) is 3. The van der Waals surface area contributed by atoms with Crippen LogP contribution in [0, 0.1) is 11.8 Å². The van der Waals surface area contributed by atoms with E-state index in [0.29, 0.717) is 32.1 Å². The number of aliphatic imine (C=N–C) groups is 1. The monoisotopic (exact) mass is 377 g/mol. The number of nitrogens with zero attached hydrogens (tertiary/aromatic N) is 3. The first-order valence-corrected chi connectivity index (χ1v) is 9.23. The second-order valence-corrected chi connectivity index (χ2v) is 7.53. The van der Waals surface area contributed by atoms with E-state index >= 15 is 0 Å². The third kappa shape index (κ3) is 6.34. The molecule has 0 aromatic carbocycles. The van der Waals surface area contributed by atoms with E-state index in [1.165, 1.54) is 4.90 Å². The first kappa shape index (κ1) is 20.8. The molecule has 0 bridgehead atoms. The maximum absolute atomic E-state index is 12.5. The zero-order valence-corrected chi connectivity index (χ0v) is 15.8. The Morgan fingerprint density at radius 2 is 1.96 bits per heavy atom. The Bertz CT molecular complexity index is 509. The molecule has 2 atom stereocenters. The zero-order valence-electron chi connectivity index (χ0n) is 15.8. The average Bonchev–Trinajstić information content (AvgIpc) is 3.18. The van der Waals surface area contributed by atoms with Gasteiger partial charge in [-0.25, -0.2) is 0 Å². The van der Waals surface area contributed by atoms with Crippen LogP contribution in [0.4, 0.5) is 13.2 Å². The highest BCUT2D eigenvalue weighted by Crippen LogP contribution is 2.22. The van der Waals surface area contributed by atoms with Crippen molar-refractivity contribution < 1.29 is 18.0 Å². The van der Waals surface area contributed by atoms with E-state index in [-0.39, 0.29) is 23.8 Å². The van der Waals surface area contributed by atoms with Crippen LogP contribution in [0.3, 0.4) is 0 Å². The van der Waals surface area contributed by atoms with Crippen molar-refractivity contribution in [1.82, 2.24) is 20.4 Å². The van der Waals surface area contributed by atoms with Gasteiger partial charge in [-0.15, -0.1) is 0 Å². The van der Waals surface area contributed by atoms with E-state index in [9.17, 15) is 18.0 Å². The fourth-order valence-corrected chi connectivity index (χ4v) is 3.55. The van der Waals surface area contributed by atoms with Crippen molar-refractivity contribution in [3.8, 4) is 0 Å². The number of carbonyl (C=O) groups is 1. The maximum Gasteiger partial charge on any atom is 0.401 e. The molecule has 2 unspecified atom stereocenters. The van der Waals surface area contributed by atoms with Crippen LogP contribution < -0.4 is 10.6 Å². The summed E-state index contributed by atoms with van der Waals surface area (Å²) in [4.78, 5) is 19.6. The highest BCUT2D eigenvalue weighted by molar-refractivity contribution is 5.81. The molecular weight excluding hydrogens is 347 g/mol. The molecule has 150 valence electrons.